The van der Waals surface area contributed by atoms with E-state index in [-0.39, 0.29) is 6.54 Å². The number of amidine groups is 1. The molecule has 9 heteroatoms. The third-order valence-corrected chi connectivity index (χ3v) is 5.93. The number of aromatic nitrogens is 1. The van der Waals surface area contributed by atoms with Crippen LogP contribution in [0.2, 0.25) is 0 Å². The number of hydrogen-bond donors (Lipinski definition) is 2. The molecule has 2 unspecified atom stereocenters. The van der Waals surface area contributed by atoms with Gasteiger partial charge in [-0.25, -0.2) is 4.98 Å². The van der Waals surface area contributed by atoms with Crippen LogP contribution in [0.5, 0.6) is 5.88 Å². The first-order chi connectivity index (χ1) is 15.7. The number of carbonyl (C=O) groups excluding carboxylic acids is 2. The molecule has 2 N–H and O–H groups in total. The van der Waals surface area contributed by atoms with Gasteiger partial charge in [-0.1, -0.05) is 24.3 Å². The van der Waals surface area contributed by atoms with Gasteiger partial charge in [0.2, 0.25) is 11.8 Å². The van der Waals surface area contributed by atoms with Gasteiger partial charge in [-0.2, -0.15) is 0 Å². The molecule has 4 rings (SSSR count). The van der Waals surface area contributed by atoms with Crippen LogP contribution < -0.4 is 10.1 Å². The summed E-state index contributed by atoms with van der Waals surface area (Å²) in [6, 6.07) is 8.39. The van der Waals surface area contributed by atoms with E-state index in [1.807, 2.05) is 37.3 Å². The first-order valence-electron chi connectivity index (χ1n) is 10.8. The van der Waals surface area contributed by atoms with Crippen molar-refractivity contribution in [2.45, 2.75) is 45.1 Å². The molecular weight excluding hydrogens is 424 g/mol. The number of aliphatic imine (C=N–C) groups is 1. The summed E-state index contributed by atoms with van der Waals surface area (Å²) >= 11 is 0. The highest BCUT2D eigenvalue weighted by molar-refractivity contribution is 6.09. The molecule has 0 aliphatic carbocycles. The minimum Gasteiger partial charge on any atom is -0.481 e. The van der Waals surface area contributed by atoms with Gasteiger partial charge < -0.3 is 19.9 Å². The van der Waals surface area contributed by atoms with Crippen molar-refractivity contribution in [3.63, 3.8) is 0 Å². The molecule has 1 aromatic carbocycles. The first-order valence-corrected chi connectivity index (χ1v) is 10.8. The fourth-order valence-corrected chi connectivity index (χ4v) is 4.19. The van der Waals surface area contributed by atoms with Crippen molar-refractivity contribution in [3.8, 4) is 17.0 Å². The lowest BCUT2D eigenvalue weighted by Gasteiger charge is -2.43. The summed E-state index contributed by atoms with van der Waals surface area (Å²) in [6.07, 6.45) is 0.188. The van der Waals surface area contributed by atoms with Crippen molar-refractivity contribution in [2.24, 2.45) is 4.99 Å². The number of nitrogens with zero attached hydrogens (tertiary/aromatic N) is 3. The summed E-state index contributed by atoms with van der Waals surface area (Å²) in [5.41, 5.74) is 2.75. The molecule has 2 aromatic rings. The van der Waals surface area contributed by atoms with E-state index in [1.54, 1.807) is 27.2 Å². The number of rotatable bonds is 5. The second-order valence-electron chi connectivity index (χ2n) is 8.62. The summed E-state index contributed by atoms with van der Waals surface area (Å²) in [7, 11) is 1.58. The lowest BCUT2D eigenvalue weighted by molar-refractivity contribution is -0.146. The maximum Gasteiger partial charge on any atom is 0.259 e. The van der Waals surface area contributed by atoms with Gasteiger partial charge >= 0.3 is 0 Å². The number of morpholine rings is 1. The molecule has 2 aliphatic rings. The van der Waals surface area contributed by atoms with Crippen molar-refractivity contribution in [1.82, 2.24) is 15.2 Å². The van der Waals surface area contributed by atoms with Gasteiger partial charge in [0, 0.05) is 23.9 Å². The fourth-order valence-electron chi connectivity index (χ4n) is 4.19. The van der Waals surface area contributed by atoms with E-state index < -0.39 is 29.6 Å². The fraction of sp³-hybridized carbons (Fsp3) is 0.417. The second-order valence-corrected chi connectivity index (χ2v) is 8.62. The van der Waals surface area contributed by atoms with Crippen LogP contribution in [0.15, 0.2) is 41.5 Å². The number of ether oxygens (including phenoxy) is 2. The number of nitrogens with one attached hydrogen (secondary N) is 1. The van der Waals surface area contributed by atoms with Gasteiger partial charge in [0.1, 0.15) is 11.4 Å². The Labute approximate surface area is 192 Å². The highest BCUT2D eigenvalue weighted by Gasteiger charge is 2.47. The molecule has 1 fully saturated rings. The number of pyridine rings is 1. The monoisotopic (exact) mass is 452 g/mol. The third kappa shape index (κ3) is 4.34. The van der Waals surface area contributed by atoms with Crippen LogP contribution in [0.1, 0.15) is 25.0 Å². The Kier molecular flexibility index (Phi) is 6.18. The van der Waals surface area contributed by atoms with Crippen LogP contribution in [0.3, 0.4) is 0 Å². The average molecular weight is 453 g/mol. The van der Waals surface area contributed by atoms with E-state index in [9.17, 15) is 14.7 Å². The molecule has 9 nitrogen and oxygen atoms in total. The molecule has 1 aromatic heterocycles. The summed E-state index contributed by atoms with van der Waals surface area (Å²) in [6.45, 7) is 6.34. The number of methoxy groups -OCH3 is 1. The maximum absolute atomic E-state index is 13.0. The molecule has 0 bridgehead atoms. The number of aliphatic hydroxyl groups excluding tert-OH is 1. The van der Waals surface area contributed by atoms with E-state index in [1.165, 1.54) is 4.90 Å². The molecule has 2 amide bonds. The Balaban J connectivity index is 1.55. The molecule has 33 heavy (non-hydrogen) atoms. The van der Waals surface area contributed by atoms with Gasteiger partial charge in [0.25, 0.3) is 5.91 Å². The average Bonchev–Trinajstić information content (AvgIpc) is 2.80. The topological polar surface area (TPSA) is 113 Å². The molecule has 0 saturated carbocycles. The van der Waals surface area contributed by atoms with Gasteiger partial charge in [0.05, 0.1) is 20.3 Å². The molecule has 3 heterocycles. The SMILES string of the molecule is COc1ncc(-c2ccccc2CNC(=O)C2N=C3N(CCOC3(C)C)C(=O)C2O)cc1C. The van der Waals surface area contributed by atoms with E-state index in [4.69, 9.17) is 9.47 Å². The van der Waals surface area contributed by atoms with Crippen LogP contribution >= 0.6 is 0 Å². The lowest BCUT2D eigenvalue weighted by atomic mass is 9.98. The molecule has 0 radical (unpaired) electrons. The van der Waals surface area contributed by atoms with Gasteiger partial charge in [-0.05, 0) is 38.0 Å². The number of benzene rings is 1. The molecule has 174 valence electrons. The number of hydrogen-bond acceptors (Lipinski definition) is 7. The van der Waals surface area contributed by atoms with Crippen molar-refractivity contribution in [3.05, 3.63) is 47.7 Å². The van der Waals surface area contributed by atoms with Gasteiger partial charge in [0.15, 0.2) is 12.1 Å². The number of amides is 2. The predicted octanol–water partition coefficient (Wildman–Crippen LogP) is 1.46. The predicted molar refractivity (Wildman–Crippen MR) is 122 cm³/mol. The summed E-state index contributed by atoms with van der Waals surface area (Å²) < 4.78 is 11.0. The summed E-state index contributed by atoms with van der Waals surface area (Å²) in [4.78, 5) is 35.9. The van der Waals surface area contributed by atoms with Gasteiger partial charge in [-0.15, -0.1) is 0 Å². The molecule has 2 aliphatic heterocycles. The van der Waals surface area contributed by atoms with E-state index >= 15 is 0 Å². The van der Waals surface area contributed by atoms with Crippen molar-refractivity contribution >= 4 is 17.6 Å². The zero-order valence-electron chi connectivity index (χ0n) is 19.2. The lowest BCUT2D eigenvalue weighted by Crippen LogP contribution is -2.64. The van der Waals surface area contributed by atoms with E-state index in [2.05, 4.69) is 15.3 Å². The molecule has 2 atom stereocenters. The van der Waals surface area contributed by atoms with Crippen LogP contribution in [-0.4, -0.2) is 70.6 Å². The Hall–Kier alpha value is -3.30. The Morgan fingerprint density at radius 1 is 1.36 bits per heavy atom. The van der Waals surface area contributed by atoms with Crippen LogP contribution in [0.25, 0.3) is 11.1 Å². The van der Waals surface area contributed by atoms with Crippen LogP contribution in [0.4, 0.5) is 0 Å². The van der Waals surface area contributed by atoms with E-state index in [0.717, 1.165) is 22.3 Å². The van der Waals surface area contributed by atoms with E-state index in [0.29, 0.717) is 24.9 Å². The second kappa shape index (κ2) is 8.92. The zero-order chi connectivity index (χ0) is 23.8. The summed E-state index contributed by atoms with van der Waals surface area (Å²) in [5, 5.41) is 13.3. The van der Waals surface area contributed by atoms with Crippen molar-refractivity contribution < 1.29 is 24.2 Å². The smallest absolute Gasteiger partial charge is 0.259 e. The minimum absolute atomic E-state index is 0.200. The quantitative estimate of drug-likeness (QED) is 0.710. The van der Waals surface area contributed by atoms with Gasteiger partial charge in [-0.3, -0.25) is 19.5 Å². The van der Waals surface area contributed by atoms with Crippen LogP contribution in [-0.2, 0) is 20.9 Å². The number of aryl methyl sites for hydroxylation is 1. The third-order valence-electron chi connectivity index (χ3n) is 5.93. The summed E-state index contributed by atoms with van der Waals surface area (Å²) in [5.74, 6) is -0.132. The van der Waals surface area contributed by atoms with Crippen LogP contribution in [0, 0.1) is 6.92 Å². The minimum atomic E-state index is -1.54. The largest absolute Gasteiger partial charge is 0.481 e. The Morgan fingerprint density at radius 2 is 2.12 bits per heavy atom. The molecular formula is C24H28N4O5. The Morgan fingerprint density at radius 3 is 2.85 bits per heavy atom. The zero-order valence-corrected chi connectivity index (χ0v) is 19.2. The maximum atomic E-state index is 13.0. The Bertz CT molecular complexity index is 1110. The first kappa shape index (κ1) is 22.9. The molecule has 0 spiro atoms. The highest BCUT2D eigenvalue weighted by Crippen LogP contribution is 2.28. The number of carbonyl (C=O) groups is 2. The standard InChI is InChI=1S/C24H28N4O5/c1-14-11-16(13-26-21(14)32-4)17-8-6-5-7-15(17)12-25-20(30)18-19(29)22(31)28-9-10-33-24(2,3)23(28)27-18/h5-8,11,13,18-19,29H,9-10,12H2,1-4H3,(H,25,30). The number of aliphatic hydroxyl groups is 1. The number of fused-ring (bicyclic) bond motifs is 1. The van der Waals surface area contributed by atoms with Crippen molar-refractivity contribution in [1.29, 1.82) is 0 Å². The molecule has 1 saturated heterocycles. The van der Waals surface area contributed by atoms with Crippen molar-refractivity contribution in [2.75, 3.05) is 20.3 Å². The normalized spacial score (nSPS) is 21.8. The highest BCUT2D eigenvalue weighted by atomic mass is 16.5.